The van der Waals surface area contributed by atoms with Crippen LogP contribution in [0.2, 0.25) is 0 Å². The van der Waals surface area contributed by atoms with Crippen LogP contribution in [0.1, 0.15) is 6.92 Å². The zero-order chi connectivity index (χ0) is 12.3. The first-order chi connectivity index (χ1) is 8.20. The zero-order valence-electron chi connectivity index (χ0n) is 9.24. The van der Waals surface area contributed by atoms with Gasteiger partial charge in [0, 0.05) is 22.8 Å². The van der Waals surface area contributed by atoms with Crippen molar-refractivity contribution in [1.29, 1.82) is 0 Å². The van der Waals surface area contributed by atoms with Crippen molar-refractivity contribution in [3.05, 3.63) is 40.8 Å². The van der Waals surface area contributed by atoms with Crippen LogP contribution >= 0.6 is 15.9 Å². The van der Waals surface area contributed by atoms with E-state index in [1.165, 1.54) is 12.1 Å². The van der Waals surface area contributed by atoms with Crippen LogP contribution in [-0.2, 0) is 0 Å². The molecule has 2 aromatic rings. The first kappa shape index (κ1) is 12.0. The number of anilines is 1. The smallest absolute Gasteiger partial charge is 0.162 e. The predicted molar refractivity (Wildman–Crippen MR) is 69.3 cm³/mol. The van der Waals surface area contributed by atoms with E-state index in [2.05, 4.69) is 31.2 Å². The van der Waals surface area contributed by atoms with E-state index in [0.29, 0.717) is 10.3 Å². The molecule has 1 heterocycles. The Bertz CT molecular complexity index is 531. The number of halogens is 2. The lowest BCUT2D eigenvalue weighted by molar-refractivity contribution is 0.627. The average molecular weight is 296 g/mol. The van der Waals surface area contributed by atoms with Gasteiger partial charge in [0.05, 0.1) is 0 Å². The third-order valence-electron chi connectivity index (χ3n) is 2.19. The molecule has 0 saturated heterocycles. The Hall–Kier alpha value is -1.49. The fourth-order valence-electron chi connectivity index (χ4n) is 1.44. The average Bonchev–Trinajstić information content (AvgIpc) is 2.29. The standard InChI is InChI=1S/C12H11BrFN3/c1-2-15-11-5-6-16-12(17-11)9-4-3-8(14)7-10(9)13/h3-7H,2H2,1H3,(H,15,16,17). The van der Waals surface area contributed by atoms with Crippen molar-refractivity contribution in [3.63, 3.8) is 0 Å². The van der Waals surface area contributed by atoms with Crippen LogP contribution in [0, 0.1) is 5.82 Å². The van der Waals surface area contributed by atoms with Crippen LogP contribution in [0.3, 0.4) is 0 Å². The summed E-state index contributed by atoms with van der Waals surface area (Å²) in [7, 11) is 0. The van der Waals surface area contributed by atoms with Gasteiger partial charge in [-0.3, -0.25) is 0 Å². The second kappa shape index (κ2) is 5.23. The molecule has 0 unspecified atom stereocenters. The molecule has 0 aliphatic carbocycles. The Morgan fingerprint density at radius 3 is 2.88 bits per heavy atom. The maximum Gasteiger partial charge on any atom is 0.162 e. The van der Waals surface area contributed by atoms with Crippen LogP contribution in [0.15, 0.2) is 34.9 Å². The van der Waals surface area contributed by atoms with Gasteiger partial charge in [0.1, 0.15) is 11.6 Å². The maximum absolute atomic E-state index is 13.0. The summed E-state index contributed by atoms with van der Waals surface area (Å²) >= 11 is 3.31. The summed E-state index contributed by atoms with van der Waals surface area (Å²) in [5, 5.41) is 3.11. The van der Waals surface area contributed by atoms with Crippen LogP contribution < -0.4 is 5.32 Å². The minimum Gasteiger partial charge on any atom is -0.370 e. The van der Waals surface area contributed by atoms with Crippen LogP contribution in [0.25, 0.3) is 11.4 Å². The van der Waals surface area contributed by atoms with Gasteiger partial charge in [0.25, 0.3) is 0 Å². The topological polar surface area (TPSA) is 37.8 Å². The Morgan fingerprint density at radius 2 is 2.18 bits per heavy atom. The third kappa shape index (κ3) is 2.79. The number of aromatic nitrogens is 2. The summed E-state index contributed by atoms with van der Waals surface area (Å²) < 4.78 is 13.6. The molecule has 0 atom stereocenters. The Labute approximate surface area is 107 Å². The van der Waals surface area contributed by atoms with Gasteiger partial charge in [-0.1, -0.05) is 0 Å². The van der Waals surface area contributed by atoms with E-state index in [1.807, 2.05) is 6.92 Å². The largest absolute Gasteiger partial charge is 0.370 e. The molecule has 1 aromatic heterocycles. The number of nitrogens with one attached hydrogen (secondary N) is 1. The Kier molecular flexibility index (Phi) is 3.68. The minimum absolute atomic E-state index is 0.288. The van der Waals surface area contributed by atoms with Crippen molar-refractivity contribution in [2.24, 2.45) is 0 Å². The van der Waals surface area contributed by atoms with Gasteiger partial charge in [0.2, 0.25) is 0 Å². The zero-order valence-corrected chi connectivity index (χ0v) is 10.8. The van der Waals surface area contributed by atoms with Gasteiger partial charge in [-0.15, -0.1) is 0 Å². The highest BCUT2D eigenvalue weighted by Crippen LogP contribution is 2.26. The Morgan fingerprint density at radius 1 is 1.35 bits per heavy atom. The van der Waals surface area contributed by atoms with Crippen LogP contribution in [0.4, 0.5) is 10.2 Å². The molecular formula is C12H11BrFN3. The lowest BCUT2D eigenvalue weighted by Gasteiger charge is -2.06. The van der Waals surface area contributed by atoms with Crippen molar-refractivity contribution < 1.29 is 4.39 Å². The molecule has 0 amide bonds. The van der Waals surface area contributed by atoms with E-state index < -0.39 is 0 Å². The van der Waals surface area contributed by atoms with Gasteiger partial charge in [-0.25, -0.2) is 14.4 Å². The Balaban J connectivity index is 2.42. The van der Waals surface area contributed by atoms with Crippen molar-refractivity contribution in [1.82, 2.24) is 9.97 Å². The number of rotatable bonds is 3. The van der Waals surface area contributed by atoms with Crippen LogP contribution in [-0.4, -0.2) is 16.5 Å². The van der Waals surface area contributed by atoms with E-state index in [9.17, 15) is 4.39 Å². The van der Waals surface area contributed by atoms with Gasteiger partial charge < -0.3 is 5.32 Å². The molecule has 0 bridgehead atoms. The number of nitrogens with zero attached hydrogens (tertiary/aromatic N) is 2. The molecule has 1 aromatic carbocycles. The van der Waals surface area contributed by atoms with Gasteiger partial charge in [-0.2, -0.15) is 0 Å². The summed E-state index contributed by atoms with van der Waals surface area (Å²) in [4.78, 5) is 8.53. The fourth-order valence-corrected chi connectivity index (χ4v) is 1.97. The predicted octanol–water partition coefficient (Wildman–Crippen LogP) is 3.48. The van der Waals surface area contributed by atoms with Crippen LogP contribution in [0.5, 0.6) is 0 Å². The number of hydrogen-bond donors (Lipinski definition) is 1. The van der Waals surface area contributed by atoms with Crippen molar-refractivity contribution in [2.75, 3.05) is 11.9 Å². The molecule has 1 N–H and O–H groups in total. The third-order valence-corrected chi connectivity index (χ3v) is 2.84. The molecule has 2 rings (SSSR count). The number of benzene rings is 1. The van der Waals surface area contributed by atoms with Crippen molar-refractivity contribution in [2.45, 2.75) is 6.92 Å². The molecule has 3 nitrogen and oxygen atoms in total. The SMILES string of the molecule is CCNc1ccnc(-c2ccc(F)cc2Br)n1. The van der Waals surface area contributed by atoms with Crippen molar-refractivity contribution >= 4 is 21.7 Å². The van der Waals surface area contributed by atoms with E-state index in [1.54, 1.807) is 18.3 Å². The molecular weight excluding hydrogens is 285 g/mol. The van der Waals surface area contributed by atoms with Gasteiger partial charge in [0.15, 0.2) is 5.82 Å². The molecule has 88 valence electrons. The van der Waals surface area contributed by atoms with Crippen molar-refractivity contribution in [3.8, 4) is 11.4 Å². The monoisotopic (exact) mass is 295 g/mol. The quantitative estimate of drug-likeness (QED) is 0.942. The molecule has 5 heteroatoms. The van der Waals surface area contributed by atoms with E-state index in [0.717, 1.165) is 17.9 Å². The van der Waals surface area contributed by atoms with Gasteiger partial charge >= 0.3 is 0 Å². The van der Waals surface area contributed by atoms with E-state index in [4.69, 9.17) is 0 Å². The lowest BCUT2D eigenvalue weighted by atomic mass is 10.2. The molecule has 0 aliphatic rings. The minimum atomic E-state index is -0.288. The summed E-state index contributed by atoms with van der Waals surface area (Å²) in [5.74, 6) is 1.03. The first-order valence-corrected chi connectivity index (χ1v) is 6.02. The highest BCUT2D eigenvalue weighted by Gasteiger charge is 2.07. The molecule has 0 radical (unpaired) electrons. The number of hydrogen-bond acceptors (Lipinski definition) is 3. The molecule has 0 aliphatic heterocycles. The highest BCUT2D eigenvalue weighted by molar-refractivity contribution is 9.10. The highest BCUT2D eigenvalue weighted by atomic mass is 79.9. The summed E-state index contributed by atoms with van der Waals surface area (Å²) in [6.07, 6.45) is 1.68. The summed E-state index contributed by atoms with van der Waals surface area (Å²) in [6, 6.07) is 6.25. The molecule has 0 fully saturated rings. The fraction of sp³-hybridized carbons (Fsp3) is 0.167. The summed E-state index contributed by atoms with van der Waals surface area (Å²) in [5.41, 5.74) is 0.770. The lowest BCUT2D eigenvalue weighted by Crippen LogP contribution is -2.01. The maximum atomic E-state index is 13.0. The second-order valence-electron chi connectivity index (χ2n) is 3.42. The molecule has 17 heavy (non-hydrogen) atoms. The first-order valence-electron chi connectivity index (χ1n) is 5.23. The van der Waals surface area contributed by atoms with E-state index in [-0.39, 0.29) is 5.82 Å². The molecule has 0 saturated carbocycles. The second-order valence-corrected chi connectivity index (χ2v) is 4.27. The van der Waals surface area contributed by atoms with Gasteiger partial charge in [-0.05, 0) is 47.1 Å². The molecule has 0 spiro atoms. The summed E-state index contributed by atoms with van der Waals surface area (Å²) in [6.45, 7) is 2.79. The van der Waals surface area contributed by atoms with E-state index >= 15 is 0 Å². The normalized spacial score (nSPS) is 10.3.